The van der Waals surface area contributed by atoms with Crippen molar-refractivity contribution in [3.63, 3.8) is 0 Å². The van der Waals surface area contributed by atoms with E-state index in [-0.39, 0.29) is 11.7 Å². The zero-order valence-corrected chi connectivity index (χ0v) is 12.4. The van der Waals surface area contributed by atoms with Gasteiger partial charge in [-0.3, -0.25) is 4.79 Å². The van der Waals surface area contributed by atoms with Crippen LogP contribution in [0.5, 0.6) is 0 Å². The third-order valence-corrected chi connectivity index (χ3v) is 4.57. The Morgan fingerprint density at radius 1 is 1.37 bits per heavy atom. The second-order valence-electron chi connectivity index (χ2n) is 5.61. The van der Waals surface area contributed by atoms with Crippen molar-refractivity contribution in [2.24, 2.45) is 22.2 Å². The van der Waals surface area contributed by atoms with E-state index in [1.165, 1.54) is 25.7 Å². The van der Waals surface area contributed by atoms with Crippen molar-refractivity contribution in [3.8, 4) is 0 Å². The Morgan fingerprint density at radius 3 is 2.32 bits per heavy atom. The van der Waals surface area contributed by atoms with E-state index in [1.807, 2.05) is 20.9 Å². The van der Waals surface area contributed by atoms with Crippen LogP contribution < -0.4 is 5.73 Å². The van der Waals surface area contributed by atoms with E-state index < -0.39 is 5.41 Å². The first-order valence-electron chi connectivity index (χ1n) is 7.25. The van der Waals surface area contributed by atoms with E-state index >= 15 is 0 Å². The third kappa shape index (κ3) is 3.19. The lowest BCUT2D eigenvalue weighted by Gasteiger charge is -2.34. The predicted molar refractivity (Wildman–Crippen MR) is 76.0 cm³/mol. The number of carbonyl (C=O) groups excluding carboxylic acids is 1. The number of hydrogen-bond donors (Lipinski definition) is 2. The van der Waals surface area contributed by atoms with Crippen molar-refractivity contribution < 1.29 is 10.0 Å². The maximum atomic E-state index is 12.7. The number of hydrogen-bond acceptors (Lipinski definition) is 3. The van der Waals surface area contributed by atoms with Gasteiger partial charge in [-0.15, -0.1) is 0 Å². The lowest BCUT2D eigenvalue weighted by molar-refractivity contribution is -0.138. The summed E-state index contributed by atoms with van der Waals surface area (Å²) in [4.78, 5) is 14.4. The smallest absolute Gasteiger partial charge is 0.236 e. The molecule has 0 saturated heterocycles. The van der Waals surface area contributed by atoms with Crippen LogP contribution in [0.25, 0.3) is 0 Å². The topological polar surface area (TPSA) is 78.9 Å². The number of nitrogens with zero attached hydrogens (tertiary/aromatic N) is 2. The van der Waals surface area contributed by atoms with Crippen LogP contribution in [0.3, 0.4) is 0 Å². The highest BCUT2D eigenvalue weighted by Gasteiger charge is 2.42. The quantitative estimate of drug-likeness (QED) is 0.336. The summed E-state index contributed by atoms with van der Waals surface area (Å²) < 4.78 is 0. The molecule has 1 saturated carbocycles. The van der Waals surface area contributed by atoms with Crippen molar-refractivity contribution in [2.75, 3.05) is 13.6 Å². The standard InChI is InChI=1S/C14H27N3O2/c1-4-14(5-2,12(15)16-19)13(18)17(3)10-11-8-6-7-9-11/h11,19H,4-10H2,1-3H3,(H2,15,16). The number of nitrogens with two attached hydrogens (primary N) is 1. The molecule has 1 aliphatic carbocycles. The van der Waals surface area contributed by atoms with Gasteiger partial charge in [0.2, 0.25) is 5.91 Å². The van der Waals surface area contributed by atoms with Crippen LogP contribution in [0.1, 0.15) is 52.4 Å². The molecular formula is C14H27N3O2. The van der Waals surface area contributed by atoms with E-state index in [4.69, 9.17) is 10.9 Å². The minimum absolute atomic E-state index is 0.0281. The third-order valence-electron chi connectivity index (χ3n) is 4.57. The van der Waals surface area contributed by atoms with Crippen LogP contribution in [0.15, 0.2) is 5.16 Å². The molecule has 1 aliphatic rings. The maximum absolute atomic E-state index is 12.7. The minimum atomic E-state index is -0.859. The van der Waals surface area contributed by atoms with Crippen LogP contribution in [-0.2, 0) is 4.79 Å². The number of amidine groups is 1. The van der Waals surface area contributed by atoms with Gasteiger partial charge in [-0.1, -0.05) is 31.8 Å². The molecule has 1 rings (SSSR count). The molecule has 110 valence electrons. The molecular weight excluding hydrogens is 242 g/mol. The SMILES string of the molecule is CCC(CC)(C(=O)N(C)CC1CCCC1)C(N)=NO. The van der Waals surface area contributed by atoms with Crippen molar-refractivity contribution in [3.05, 3.63) is 0 Å². The van der Waals surface area contributed by atoms with E-state index in [0.717, 1.165) is 6.54 Å². The first-order chi connectivity index (χ1) is 9.01. The number of rotatable bonds is 6. The van der Waals surface area contributed by atoms with Crippen LogP contribution in [-0.4, -0.2) is 35.4 Å². The highest BCUT2D eigenvalue weighted by atomic mass is 16.4. The fraction of sp³-hybridized carbons (Fsp3) is 0.857. The average Bonchev–Trinajstić information content (AvgIpc) is 2.92. The molecule has 0 aliphatic heterocycles. The molecule has 0 atom stereocenters. The molecule has 5 heteroatoms. The van der Waals surface area contributed by atoms with Crippen molar-refractivity contribution in [1.29, 1.82) is 0 Å². The van der Waals surface area contributed by atoms with Gasteiger partial charge < -0.3 is 15.8 Å². The normalized spacial score (nSPS) is 17.7. The van der Waals surface area contributed by atoms with Gasteiger partial charge in [-0.05, 0) is 31.6 Å². The van der Waals surface area contributed by atoms with Crippen LogP contribution in [0.4, 0.5) is 0 Å². The van der Waals surface area contributed by atoms with Crippen LogP contribution in [0.2, 0.25) is 0 Å². The molecule has 0 aromatic carbocycles. The monoisotopic (exact) mass is 269 g/mol. The van der Waals surface area contributed by atoms with Crippen molar-refractivity contribution in [2.45, 2.75) is 52.4 Å². The lowest BCUT2D eigenvalue weighted by Crippen LogP contribution is -2.50. The fourth-order valence-electron chi connectivity index (χ4n) is 3.15. The molecule has 5 nitrogen and oxygen atoms in total. The molecule has 0 spiro atoms. The zero-order chi connectivity index (χ0) is 14.5. The molecule has 0 heterocycles. The highest BCUT2D eigenvalue weighted by Crippen LogP contribution is 2.31. The molecule has 3 N–H and O–H groups in total. The van der Waals surface area contributed by atoms with Gasteiger partial charge >= 0.3 is 0 Å². The Bertz CT molecular complexity index is 332. The second-order valence-corrected chi connectivity index (χ2v) is 5.61. The molecule has 0 unspecified atom stereocenters. The first-order valence-corrected chi connectivity index (χ1v) is 7.25. The first kappa shape index (κ1) is 15.8. The maximum Gasteiger partial charge on any atom is 0.236 e. The van der Waals surface area contributed by atoms with Gasteiger partial charge in [0.05, 0.1) is 0 Å². The van der Waals surface area contributed by atoms with E-state index in [1.54, 1.807) is 4.90 Å². The summed E-state index contributed by atoms with van der Waals surface area (Å²) in [5.74, 6) is 0.605. The van der Waals surface area contributed by atoms with E-state index in [0.29, 0.717) is 18.8 Å². The van der Waals surface area contributed by atoms with Gasteiger partial charge in [0.15, 0.2) is 5.84 Å². The molecule has 1 amide bonds. The van der Waals surface area contributed by atoms with E-state index in [2.05, 4.69) is 5.16 Å². The molecule has 0 aromatic heterocycles. The molecule has 19 heavy (non-hydrogen) atoms. The summed E-state index contributed by atoms with van der Waals surface area (Å²) >= 11 is 0. The van der Waals surface area contributed by atoms with Gasteiger partial charge in [0.25, 0.3) is 0 Å². The summed E-state index contributed by atoms with van der Waals surface area (Å²) in [7, 11) is 1.82. The minimum Gasteiger partial charge on any atom is -0.409 e. The van der Waals surface area contributed by atoms with Crippen molar-refractivity contribution in [1.82, 2.24) is 4.90 Å². The Labute approximate surface area is 115 Å². The summed E-state index contributed by atoms with van der Waals surface area (Å²) in [6, 6.07) is 0. The summed E-state index contributed by atoms with van der Waals surface area (Å²) in [6.45, 7) is 4.59. The summed E-state index contributed by atoms with van der Waals surface area (Å²) in [5.41, 5.74) is 4.91. The lowest BCUT2D eigenvalue weighted by atomic mass is 9.79. The van der Waals surface area contributed by atoms with Crippen LogP contribution >= 0.6 is 0 Å². The van der Waals surface area contributed by atoms with E-state index in [9.17, 15) is 4.79 Å². The number of amides is 1. The molecule has 0 radical (unpaired) electrons. The Balaban J connectivity index is 2.80. The Hall–Kier alpha value is -1.26. The van der Waals surface area contributed by atoms with Crippen LogP contribution in [0, 0.1) is 11.3 Å². The Kier molecular flexibility index (Phi) is 5.63. The van der Waals surface area contributed by atoms with Gasteiger partial charge in [0, 0.05) is 13.6 Å². The molecule has 0 aromatic rings. The van der Waals surface area contributed by atoms with Crippen molar-refractivity contribution >= 4 is 11.7 Å². The predicted octanol–water partition coefficient (Wildman–Crippen LogP) is 2.19. The summed E-state index contributed by atoms with van der Waals surface area (Å²) in [6.07, 6.45) is 6.03. The second kappa shape index (κ2) is 6.78. The van der Waals surface area contributed by atoms with Gasteiger partial charge in [-0.2, -0.15) is 0 Å². The molecule has 0 bridgehead atoms. The fourth-order valence-corrected chi connectivity index (χ4v) is 3.15. The molecule has 1 fully saturated rings. The number of oxime groups is 1. The number of carbonyl (C=O) groups is 1. The van der Waals surface area contributed by atoms with Gasteiger partial charge in [0.1, 0.15) is 5.41 Å². The van der Waals surface area contributed by atoms with Gasteiger partial charge in [-0.25, -0.2) is 0 Å². The zero-order valence-electron chi connectivity index (χ0n) is 12.4. The largest absolute Gasteiger partial charge is 0.409 e. The highest BCUT2D eigenvalue weighted by molar-refractivity contribution is 6.06. The average molecular weight is 269 g/mol. The Morgan fingerprint density at radius 2 is 1.89 bits per heavy atom. The summed E-state index contributed by atoms with van der Waals surface area (Å²) in [5, 5.41) is 12.0.